The van der Waals surface area contributed by atoms with Crippen LogP contribution < -0.4 is 0 Å². The van der Waals surface area contributed by atoms with Crippen LogP contribution in [0, 0.1) is 6.92 Å². The lowest BCUT2D eigenvalue weighted by molar-refractivity contribution is 0.586. The molecule has 0 saturated heterocycles. The Morgan fingerprint density at radius 1 is 1.21 bits per heavy atom. The first-order valence-electron chi connectivity index (χ1n) is 4.98. The van der Waals surface area contributed by atoms with Gasteiger partial charge in [0.1, 0.15) is 0 Å². The molecule has 0 fully saturated rings. The molecule has 0 radical (unpaired) electrons. The summed E-state index contributed by atoms with van der Waals surface area (Å²) in [6, 6.07) is 6.51. The van der Waals surface area contributed by atoms with Crippen molar-refractivity contribution < 1.29 is 0 Å². The predicted octanol–water partition coefficient (Wildman–Crippen LogP) is 3.34. The molecular weight excluding hydrogens is 170 g/mol. The molecule has 0 aliphatic carbocycles. The van der Waals surface area contributed by atoms with Crippen molar-refractivity contribution in [2.24, 2.45) is 4.99 Å². The summed E-state index contributed by atoms with van der Waals surface area (Å²) in [5, 5.41) is 0. The van der Waals surface area contributed by atoms with E-state index in [1.807, 2.05) is 6.21 Å². The highest BCUT2D eigenvalue weighted by Crippen LogP contribution is 2.25. The highest BCUT2D eigenvalue weighted by atomic mass is 14.6. The summed E-state index contributed by atoms with van der Waals surface area (Å²) in [6.45, 7) is 8.88. The van der Waals surface area contributed by atoms with Gasteiger partial charge >= 0.3 is 0 Å². The summed E-state index contributed by atoms with van der Waals surface area (Å²) in [6.07, 6.45) is 1.89. The highest BCUT2D eigenvalue weighted by Gasteiger charge is 2.15. The lowest BCUT2D eigenvalue weighted by Gasteiger charge is -2.21. The first-order chi connectivity index (χ1) is 6.45. The molecule has 0 unspecified atom stereocenters. The van der Waals surface area contributed by atoms with Gasteiger partial charge in [0, 0.05) is 13.3 Å². The van der Waals surface area contributed by atoms with Crippen LogP contribution >= 0.6 is 0 Å². The van der Waals surface area contributed by atoms with Gasteiger partial charge < -0.3 is 0 Å². The Morgan fingerprint density at radius 2 is 1.86 bits per heavy atom. The minimum Gasteiger partial charge on any atom is -0.296 e. The topological polar surface area (TPSA) is 12.4 Å². The molecule has 0 aliphatic rings. The van der Waals surface area contributed by atoms with E-state index in [1.54, 1.807) is 7.05 Å². The molecule has 1 heteroatoms. The first kappa shape index (κ1) is 11.0. The Morgan fingerprint density at radius 3 is 2.29 bits per heavy atom. The van der Waals surface area contributed by atoms with Gasteiger partial charge in [-0.15, -0.1) is 0 Å². The van der Waals surface area contributed by atoms with Crippen molar-refractivity contribution >= 4 is 6.21 Å². The average molecular weight is 189 g/mol. The molecule has 0 aromatic heterocycles. The van der Waals surface area contributed by atoms with Crippen molar-refractivity contribution in [2.45, 2.75) is 33.1 Å². The molecule has 0 amide bonds. The number of aliphatic imine (C=N–C) groups is 1. The smallest absolute Gasteiger partial charge is 0.0281 e. The van der Waals surface area contributed by atoms with Crippen molar-refractivity contribution in [3.63, 3.8) is 0 Å². The van der Waals surface area contributed by atoms with Crippen molar-refractivity contribution in [2.75, 3.05) is 7.05 Å². The molecule has 1 nitrogen and oxygen atoms in total. The molecule has 76 valence electrons. The fourth-order valence-electron chi connectivity index (χ4n) is 1.76. The van der Waals surface area contributed by atoms with Gasteiger partial charge in [-0.05, 0) is 29.0 Å². The average Bonchev–Trinajstić information content (AvgIpc) is 2.02. The summed E-state index contributed by atoms with van der Waals surface area (Å²) in [5.74, 6) is 0. The SMILES string of the molecule is CN=Cc1ccc(C(C)(C)C)c(C)c1. The second kappa shape index (κ2) is 3.95. The van der Waals surface area contributed by atoms with Crippen LogP contribution in [-0.2, 0) is 5.41 Å². The summed E-state index contributed by atoms with van der Waals surface area (Å²) < 4.78 is 0. The minimum atomic E-state index is 0.228. The Kier molecular flexibility index (Phi) is 3.10. The summed E-state index contributed by atoms with van der Waals surface area (Å²) >= 11 is 0. The maximum absolute atomic E-state index is 4.01. The molecule has 0 aliphatic heterocycles. The Bertz CT molecular complexity index is 343. The standard InChI is InChI=1S/C13H19N/c1-10-8-11(9-14-5)6-7-12(10)13(2,3)4/h6-9H,1-5H3. The van der Waals surface area contributed by atoms with Crippen LogP contribution in [0.15, 0.2) is 23.2 Å². The molecule has 0 saturated carbocycles. The molecule has 1 rings (SSSR count). The molecule has 0 heterocycles. The van der Waals surface area contributed by atoms with Gasteiger partial charge in [0.15, 0.2) is 0 Å². The van der Waals surface area contributed by atoms with Crippen LogP contribution in [0.3, 0.4) is 0 Å². The van der Waals surface area contributed by atoms with Crippen LogP contribution in [0.2, 0.25) is 0 Å². The fraction of sp³-hybridized carbons (Fsp3) is 0.462. The van der Waals surface area contributed by atoms with E-state index in [2.05, 4.69) is 50.9 Å². The molecular formula is C13H19N. The maximum atomic E-state index is 4.01. The van der Waals surface area contributed by atoms with Crippen molar-refractivity contribution in [1.29, 1.82) is 0 Å². The number of benzene rings is 1. The highest BCUT2D eigenvalue weighted by molar-refractivity contribution is 5.80. The Labute approximate surface area is 86.9 Å². The van der Waals surface area contributed by atoms with Crippen molar-refractivity contribution in [1.82, 2.24) is 0 Å². The molecule has 1 aromatic rings. The fourth-order valence-corrected chi connectivity index (χ4v) is 1.76. The third kappa shape index (κ3) is 2.44. The van der Waals surface area contributed by atoms with E-state index < -0.39 is 0 Å². The zero-order valence-corrected chi connectivity index (χ0v) is 9.76. The summed E-state index contributed by atoms with van der Waals surface area (Å²) in [4.78, 5) is 4.01. The number of hydrogen-bond donors (Lipinski definition) is 0. The monoisotopic (exact) mass is 189 g/mol. The zero-order valence-electron chi connectivity index (χ0n) is 9.76. The van der Waals surface area contributed by atoms with Crippen LogP contribution in [0.25, 0.3) is 0 Å². The normalized spacial score (nSPS) is 12.4. The van der Waals surface area contributed by atoms with E-state index in [-0.39, 0.29) is 5.41 Å². The second-order valence-electron chi connectivity index (χ2n) is 4.71. The van der Waals surface area contributed by atoms with Gasteiger partial charge in [0.2, 0.25) is 0 Å². The predicted molar refractivity (Wildman–Crippen MR) is 63.4 cm³/mol. The largest absolute Gasteiger partial charge is 0.296 e. The molecule has 0 bridgehead atoms. The lowest BCUT2D eigenvalue weighted by atomic mass is 9.83. The Hall–Kier alpha value is -1.11. The minimum absolute atomic E-state index is 0.228. The van der Waals surface area contributed by atoms with Crippen LogP contribution in [0.1, 0.15) is 37.5 Å². The quantitative estimate of drug-likeness (QED) is 0.601. The summed E-state index contributed by atoms with van der Waals surface area (Å²) in [7, 11) is 1.80. The molecule has 0 spiro atoms. The number of aryl methyl sites for hydroxylation is 1. The second-order valence-corrected chi connectivity index (χ2v) is 4.71. The molecule has 0 atom stereocenters. The third-order valence-electron chi connectivity index (χ3n) is 2.34. The van der Waals surface area contributed by atoms with Gasteiger partial charge in [-0.1, -0.05) is 39.0 Å². The Balaban J connectivity index is 3.14. The van der Waals surface area contributed by atoms with Crippen LogP contribution in [0.5, 0.6) is 0 Å². The van der Waals surface area contributed by atoms with Gasteiger partial charge in [0.25, 0.3) is 0 Å². The van der Waals surface area contributed by atoms with Gasteiger partial charge in [0.05, 0.1) is 0 Å². The van der Waals surface area contributed by atoms with E-state index in [0.717, 1.165) is 0 Å². The van der Waals surface area contributed by atoms with Crippen molar-refractivity contribution in [3.8, 4) is 0 Å². The van der Waals surface area contributed by atoms with E-state index in [9.17, 15) is 0 Å². The van der Waals surface area contributed by atoms with E-state index >= 15 is 0 Å². The van der Waals surface area contributed by atoms with Gasteiger partial charge in [-0.3, -0.25) is 4.99 Å². The number of rotatable bonds is 1. The lowest BCUT2D eigenvalue weighted by Crippen LogP contribution is -2.13. The van der Waals surface area contributed by atoms with Gasteiger partial charge in [-0.25, -0.2) is 0 Å². The first-order valence-corrected chi connectivity index (χ1v) is 4.98. The van der Waals surface area contributed by atoms with Crippen molar-refractivity contribution in [3.05, 3.63) is 34.9 Å². The third-order valence-corrected chi connectivity index (χ3v) is 2.34. The van der Waals surface area contributed by atoms with Gasteiger partial charge in [-0.2, -0.15) is 0 Å². The maximum Gasteiger partial charge on any atom is 0.0281 e. The molecule has 1 aromatic carbocycles. The van der Waals surface area contributed by atoms with E-state index in [4.69, 9.17) is 0 Å². The van der Waals surface area contributed by atoms with E-state index in [1.165, 1.54) is 16.7 Å². The van der Waals surface area contributed by atoms with Crippen LogP contribution in [0.4, 0.5) is 0 Å². The number of nitrogens with zero attached hydrogens (tertiary/aromatic N) is 1. The zero-order chi connectivity index (χ0) is 10.8. The van der Waals surface area contributed by atoms with E-state index in [0.29, 0.717) is 0 Å². The molecule has 14 heavy (non-hydrogen) atoms. The van der Waals surface area contributed by atoms with Crippen LogP contribution in [-0.4, -0.2) is 13.3 Å². The summed E-state index contributed by atoms with van der Waals surface area (Å²) in [5.41, 5.74) is 4.16. The number of hydrogen-bond acceptors (Lipinski definition) is 1. The molecule has 0 N–H and O–H groups in total.